The first-order chi connectivity index (χ1) is 10.3. The van der Waals surface area contributed by atoms with Crippen molar-refractivity contribution in [3.8, 4) is 0 Å². The average Bonchev–Trinajstić information content (AvgIpc) is 2.52. The van der Waals surface area contributed by atoms with Gasteiger partial charge in [-0.05, 0) is 31.2 Å². The van der Waals surface area contributed by atoms with Crippen molar-refractivity contribution in [3.63, 3.8) is 0 Å². The molecule has 1 nitrogen and oxygen atoms in total. The second kappa shape index (κ2) is 11.3. The van der Waals surface area contributed by atoms with Gasteiger partial charge >= 0.3 is 0 Å². The fraction of sp³-hybridized carbons (Fsp3) is 0.550. The SMILES string of the molecule is C=CCCCCCCCCC(=O)C(CC)c1ccccc1. The van der Waals surface area contributed by atoms with Crippen molar-refractivity contribution >= 4 is 5.78 Å². The predicted molar refractivity (Wildman–Crippen MR) is 91.6 cm³/mol. The molecular formula is C20H30O. The lowest BCUT2D eigenvalue weighted by Gasteiger charge is -2.14. The summed E-state index contributed by atoms with van der Waals surface area (Å²) < 4.78 is 0. The van der Waals surface area contributed by atoms with E-state index in [9.17, 15) is 4.79 Å². The maximum Gasteiger partial charge on any atom is 0.140 e. The Kier molecular flexibility index (Phi) is 9.52. The fourth-order valence-electron chi connectivity index (χ4n) is 2.80. The van der Waals surface area contributed by atoms with E-state index in [2.05, 4.69) is 25.6 Å². The number of carbonyl (C=O) groups excluding carboxylic acids is 1. The molecule has 116 valence electrons. The van der Waals surface area contributed by atoms with Crippen molar-refractivity contribution in [1.82, 2.24) is 0 Å². The number of Topliss-reactive ketones (excluding diaryl/α,β-unsaturated/α-hetero) is 1. The summed E-state index contributed by atoms with van der Waals surface area (Å²) >= 11 is 0. The number of hydrogen-bond donors (Lipinski definition) is 0. The minimum Gasteiger partial charge on any atom is -0.299 e. The van der Waals surface area contributed by atoms with E-state index in [1.165, 1.54) is 37.7 Å². The molecular weight excluding hydrogens is 256 g/mol. The monoisotopic (exact) mass is 286 g/mol. The van der Waals surface area contributed by atoms with Crippen molar-refractivity contribution in [3.05, 3.63) is 48.6 Å². The highest BCUT2D eigenvalue weighted by atomic mass is 16.1. The number of benzene rings is 1. The molecule has 0 amide bonds. The summed E-state index contributed by atoms with van der Waals surface area (Å²) in [6.45, 7) is 5.85. The molecule has 0 aliphatic rings. The third kappa shape index (κ3) is 7.27. The summed E-state index contributed by atoms with van der Waals surface area (Å²) in [6, 6.07) is 10.2. The van der Waals surface area contributed by atoms with E-state index in [4.69, 9.17) is 0 Å². The topological polar surface area (TPSA) is 17.1 Å². The number of carbonyl (C=O) groups is 1. The van der Waals surface area contributed by atoms with Gasteiger partial charge in [0.1, 0.15) is 5.78 Å². The smallest absolute Gasteiger partial charge is 0.140 e. The number of hydrogen-bond acceptors (Lipinski definition) is 1. The van der Waals surface area contributed by atoms with Gasteiger partial charge in [0.05, 0.1) is 0 Å². The van der Waals surface area contributed by atoms with Gasteiger partial charge in [-0.25, -0.2) is 0 Å². The van der Waals surface area contributed by atoms with Crippen molar-refractivity contribution in [2.24, 2.45) is 0 Å². The zero-order chi connectivity index (χ0) is 15.3. The molecule has 0 saturated carbocycles. The average molecular weight is 286 g/mol. The summed E-state index contributed by atoms with van der Waals surface area (Å²) in [4.78, 5) is 12.3. The van der Waals surface area contributed by atoms with E-state index in [0.717, 1.165) is 25.7 Å². The first-order valence-electron chi connectivity index (χ1n) is 8.48. The second-order valence-corrected chi connectivity index (χ2v) is 5.79. The molecule has 0 aromatic heterocycles. The maximum absolute atomic E-state index is 12.3. The maximum atomic E-state index is 12.3. The molecule has 21 heavy (non-hydrogen) atoms. The van der Waals surface area contributed by atoms with Gasteiger partial charge in [0.15, 0.2) is 0 Å². The fourth-order valence-corrected chi connectivity index (χ4v) is 2.80. The summed E-state index contributed by atoms with van der Waals surface area (Å²) in [6.07, 6.45) is 12.1. The summed E-state index contributed by atoms with van der Waals surface area (Å²) in [7, 11) is 0. The van der Waals surface area contributed by atoms with Crippen LogP contribution in [0.4, 0.5) is 0 Å². The lowest BCUT2D eigenvalue weighted by Crippen LogP contribution is -2.11. The van der Waals surface area contributed by atoms with Crippen molar-refractivity contribution in [1.29, 1.82) is 0 Å². The quantitative estimate of drug-likeness (QED) is 0.337. The van der Waals surface area contributed by atoms with Crippen LogP contribution in [0.5, 0.6) is 0 Å². The normalized spacial score (nSPS) is 12.0. The van der Waals surface area contributed by atoms with Gasteiger partial charge < -0.3 is 0 Å². The highest BCUT2D eigenvalue weighted by Gasteiger charge is 2.17. The molecule has 0 N–H and O–H groups in total. The molecule has 0 bridgehead atoms. The van der Waals surface area contributed by atoms with E-state index in [1.54, 1.807) is 0 Å². The van der Waals surface area contributed by atoms with Crippen LogP contribution in [0.2, 0.25) is 0 Å². The summed E-state index contributed by atoms with van der Waals surface area (Å²) in [5.41, 5.74) is 1.18. The standard InChI is InChI=1S/C20H30O/c1-3-5-6-7-8-9-10-14-17-20(21)19(4-2)18-15-12-11-13-16-18/h3,11-13,15-16,19H,1,4-10,14,17H2,2H3. The molecule has 0 saturated heterocycles. The van der Waals surface area contributed by atoms with Crippen LogP contribution in [-0.2, 0) is 4.79 Å². The minimum atomic E-state index is 0.0961. The van der Waals surface area contributed by atoms with Crippen LogP contribution >= 0.6 is 0 Å². The number of rotatable bonds is 12. The van der Waals surface area contributed by atoms with Gasteiger partial charge in [-0.3, -0.25) is 4.79 Å². The highest BCUT2D eigenvalue weighted by molar-refractivity contribution is 5.85. The van der Waals surface area contributed by atoms with Crippen LogP contribution in [0.1, 0.15) is 76.2 Å². The van der Waals surface area contributed by atoms with Crippen LogP contribution < -0.4 is 0 Å². The Morgan fingerprint density at radius 1 is 1.05 bits per heavy atom. The lowest BCUT2D eigenvalue weighted by molar-refractivity contribution is -0.120. The van der Waals surface area contributed by atoms with Gasteiger partial charge in [-0.1, -0.05) is 69.0 Å². The second-order valence-electron chi connectivity index (χ2n) is 5.79. The van der Waals surface area contributed by atoms with Gasteiger partial charge in [0.25, 0.3) is 0 Å². The predicted octanol–water partition coefficient (Wildman–Crippen LogP) is 6.06. The number of ketones is 1. The van der Waals surface area contributed by atoms with E-state index >= 15 is 0 Å². The molecule has 1 unspecified atom stereocenters. The largest absolute Gasteiger partial charge is 0.299 e. The minimum absolute atomic E-state index is 0.0961. The molecule has 0 aliphatic carbocycles. The van der Waals surface area contributed by atoms with E-state index < -0.39 is 0 Å². The lowest BCUT2D eigenvalue weighted by atomic mass is 9.89. The van der Waals surface area contributed by atoms with Crippen LogP contribution in [-0.4, -0.2) is 5.78 Å². The van der Waals surface area contributed by atoms with Crippen molar-refractivity contribution in [2.75, 3.05) is 0 Å². The molecule has 1 rings (SSSR count). The summed E-state index contributed by atoms with van der Waals surface area (Å²) in [5.74, 6) is 0.508. The Morgan fingerprint density at radius 2 is 1.67 bits per heavy atom. The molecule has 1 aromatic carbocycles. The zero-order valence-corrected chi connectivity index (χ0v) is 13.5. The Bertz CT molecular complexity index is 394. The highest BCUT2D eigenvalue weighted by Crippen LogP contribution is 2.23. The third-order valence-corrected chi connectivity index (χ3v) is 4.08. The molecule has 0 aliphatic heterocycles. The molecule has 1 heteroatoms. The van der Waals surface area contributed by atoms with Gasteiger partial charge in [0, 0.05) is 12.3 Å². The number of allylic oxidation sites excluding steroid dienone is 1. The Balaban J connectivity index is 2.19. The summed E-state index contributed by atoms with van der Waals surface area (Å²) in [5, 5.41) is 0. The van der Waals surface area contributed by atoms with E-state index in [1.807, 2.05) is 24.3 Å². The van der Waals surface area contributed by atoms with Crippen molar-refractivity contribution in [2.45, 2.75) is 70.6 Å². The first-order valence-corrected chi connectivity index (χ1v) is 8.48. The first kappa shape index (κ1) is 17.7. The van der Waals surface area contributed by atoms with E-state index in [-0.39, 0.29) is 5.92 Å². The zero-order valence-electron chi connectivity index (χ0n) is 13.5. The van der Waals surface area contributed by atoms with Gasteiger partial charge in [-0.15, -0.1) is 6.58 Å². The molecule has 1 aromatic rings. The Morgan fingerprint density at radius 3 is 2.29 bits per heavy atom. The third-order valence-electron chi connectivity index (χ3n) is 4.08. The van der Waals surface area contributed by atoms with Gasteiger partial charge in [0.2, 0.25) is 0 Å². The molecule has 0 radical (unpaired) electrons. The molecule has 0 spiro atoms. The Labute approximate surface area is 130 Å². The molecule has 0 fully saturated rings. The van der Waals surface area contributed by atoms with Crippen LogP contribution in [0.3, 0.4) is 0 Å². The Hall–Kier alpha value is -1.37. The number of unbranched alkanes of at least 4 members (excludes halogenated alkanes) is 6. The molecule has 1 atom stereocenters. The van der Waals surface area contributed by atoms with E-state index in [0.29, 0.717) is 5.78 Å². The van der Waals surface area contributed by atoms with Crippen LogP contribution in [0, 0.1) is 0 Å². The van der Waals surface area contributed by atoms with Crippen molar-refractivity contribution < 1.29 is 4.79 Å². The molecule has 0 heterocycles. The van der Waals surface area contributed by atoms with Gasteiger partial charge in [-0.2, -0.15) is 0 Å². The van der Waals surface area contributed by atoms with Crippen LogP contribution in [0.25, 0.3) is 0 Å². The van der Waals surface area contributed by atoms with Crippen LogP contribution in [0.15, 0.2) is 43.0 Å².